The maximum absolute atomic E-state index is 5.03. The normalized spacial score (nSPS) is 15.0. The van der Waals surface area contributed by atoms with Gasteiger partial charge in [-0.3, -0.25) is 0 Å². The van der Waals surface area contributed by atoms with E-state index < -0.39 is 0 Å². The Kier molecular flexibility index (Phi) is 4.69. The van der Waals surface area contributed by atoms with Crippen molar-refractivity contribution in [2.45, 2.75) is 45.7 Å². The molecule has 0 fully saturated rings. The minimum Gasteiger partial charge on any atom is -0.383 e. The Bertz CT molecular complexity index is 102. The van der Waals surface area contributed by atoms with Crippen LogP contribution in [0.4, 0.5) is 0 Å². The second-order valence-corrected chi connectivity index (χ2v) is 3.74. The highest BCUT2D eigenvalue weighted by molar-refractivity contribution is 4.78. The van der Waals surface area contributed by atoms with Crippen LogP contribution < -0.4 is 5.32 Å². The molecule has 0 aromatic heterocycles. The predicted molar refractivity (Wildman–Crippen MR) is 48.8 cm³/mol. The van der Waals surface area contributed by atoms with Crippen LogP contribution in [0.2, 0.25) is 0 Å². The minimum atomic E-state index is 0.234. The lowest BCUT2D eigenvalue weighted by Crippen LogP contribution is -2.45. The van der Waals surface area contributed by atoms with E-state index in [0.717, 1.165) is 13.0 Å². The van der Waals surface area contributed by atoms with Crippen molar-refractivity contribution in [3.05, 3.63) is 0 Å². The summed E-state index contributed by atoms with van der Waals surface area (Å²) in [5.41, 5.74) is 0.234. The van der Waals surface area contributed by atoms with Crippen molar-refractivity contribution < 1.29 is 4.74 Å². The molecule has 1 atom stereocenters. The van der Waals surface area contributed by atoms with Crippen molar-refractivity contribution in [2.75, 3.05) is 13.7 Å². The summed E-state index contributed by atoms with van der Waals surface area (Å²) in [4.78, 5) is 0. The van der Waals surface area contributed by atoms with E-state index in [1.54, 1.807) is 7.11 Å². The molecule has 0 saturated carbocycles. The quantitative estimate of drug-likeness (QED) is 0.660. The molecule has 2 nitrogen and oxygen atoms in total. The lowest BCUT2D eigenvalue weighted by atomic mass is 10.0. The second-order valence-electron chi connectivity index (χ2n) is 3.74. The lowest BCUT2D eigenvalue weighted by molar-refractivity contribution is 0.156. The summed E-state index contributed by atoms with van der Waals surface area (Å²) >= 11 is 0. The molecule has 0 aromatic rings. The first-order valence-electron chi connectivity index (χ1n) is 4.28. The third-order valence-corrected chi connectivity index (χ3v) is 1.94. The number of hydrogen-bond acceptors (Lipinski definition) is 2. The van der Waals surface area contributed by atoms with E-state index in [-0.39, 0.29) is 5.54 Å². The summed E-state index contributed by atoms with van der Waals surface area (Å²) in [6.45, 7) is 9.52. The van der Waals surface area contributed by atoms with Crippen molar-refractivity contribution in [1.82, 2.24) is 5.32 Å². The Morgan fingerprint density at radius 2 is 2.00 bits per heavy atom. The molecule has 1 unspecified atom stereocenters. The molecule has 0 aliphatic rings. The van der Waals surface area contributed by atoms with Crippen LogP contribution in [0.1, 0.15) is 34.1 Å². The molecule has 0 heterocycles. The molecule has 0 aromatic carbocycles. The van der Waals surface area contributed by atoms with Crippen LogP contribution >= 0.6 is 0 Å². The molecule has 11 heavy (non-hydrogen) atoms. The third-order valence-electron chi connectivity index (χ3n) is 1.94. The zero-order valence-corrected chi connectivity index (χ0v) is 8.40. The molecule has 0 amide bonds. The molecule has 0 aliphatic heterocycles. The molecule has 0 bridgehead atoms. The van der Waals surface area contributed by atoms with Gasteiger partial charge in [-0.25, -0.2) is 0 Å². The van der Waals surface area contributed by atoms with Crippen molar-refractivity contribution in [1.29, 1.82) is 0 Å². The third kappa shape index (κ3) is 5.22. The second kappa shape index (κ2) is 4.73. The molecule has 68 valence electrons. The van der Waals surface area contributed by atoms with Gasteiger partial charge in [0.1, 0.15) is 0 Å². The SMILES string of the molecule is CCC(C)(C)NC(C)COC. The predicted octanol–water partition coefficient (Wildman–Crippen LogP) is 1.80. The van der Waals surface area contributed by atoms with Gasteiger partial charge in [-0.15, -0.1) is 0 Å². The highest BCUT2D eigenvalue weighted by atomic mass is 16.5. The van der Waals surface area contributed by atoms with Crippen LogP contribution in [0.25, 0.3) is 0 Å². The van der Waals surface area contributed by atoms with Gasteiger partial charge in [0.25, 0.3) is 0 Å². The van der Waals surface area contributed by atoms with Gasteiger partial charge < -0.3 is 10.1 Å². The maximum Gasteiger partial charge on any atom is 0.0613 e. The van der Waals surface area contributed by atoms with Crippen LogP contribution in [0, 0.1) is 0 Å². The zero-order chi connectivity index (χ0) is 8.91. The first-order valence-corrected chi connectivity index (χ1v) is 4.28. The van der Waals surface area contributed by atoms with E-state index in [2.05, 4.69) is 33.0 Å². The smallest absolute Gasteiger partial charge is 0.0613 e. The van der Waals surface area contributed by atoms with Crippen molar-refractivity contribution in [3.8, 4) is 0 Å². The Morgan fingerprint density at radius 3 is 2.36 bits per heavy atom. The summed E-state index contributed by atoms with van der Waals surface area (Å²) in [6, 6.07) is 0.440. The standard InChI is InChI=1S/C9H21NO/c1-6-9(3,4)10-8(2)7-11-5/h8,10H,6-7H2,1-5H3. The van der Waals surface area contributed by atoms with Crippen LogP contribution in [-0.4, -0.2) is 25.3 Å². The summed E-state index contributed by atoms with van der Waals surface area (Å²) in [5, 5.41) is 3.48. The fraction of sp³-hybridized carbons (Fsp3) is 1.00. The van der Waals surface area contributed by atoms with Gasteiger partial charge in [0.05, 0.1) is 6.61 Å². The van der Waals surface area contributed by atoms with Gasteiger partial charge in [-0.1, -0.05) is 6.92 Å². The van der Waals surface area contributed by atoms with Crippen LogP contribution in [0.15, 0.2) is 0 Å². The lowest BCUT2D eigenvalue weighted by Gasteiger charge is -2.28. The number of nitrogens with one attached hydrogen (secondary N) is 1. The average Bonchev–Trinajstić information content (AvgIpc) is 1.87. The molecule has 0 aliphatic carbocycles. The molecule has 1 N–H and O–H groups in total. The van der Waals surface area contributed by atoms with Gasteiger partial charge in [0, 0.05) is 18.7 Å². The molecular weight excluding hydrogens is 138 g/mol. The Labute approximate surface area is 70.3 Å². The van der Waals surface area contributed by atoms with Gasteiger partial charge in [0.2, 0.25) is 0 Å². The summed E-state index contributed by atoms with van der Waals surface area (Å²) in [6.07, 6.45) is 1.14. The average molecular weight is 159 g/mol. The number of hydrogen-bond donors (Lipinski definition) is 1. The highest BCUT2D eigenvalue weighted by Gasteiger charge is 2.16. The molecule has 0 spiro atoms. The number of rotatable bonds is 5. The Hall–Kier alpha value is -0.0800. The van der Waals surface area contributed by atoms with E-state index in [1.807, 2.05) is 0 Å². The fourth-order valence-electron chi connectivity index (χ4n) is 1.06. The number of methoxy groups -OCH3 is 1. The number of ether oxygens (including phenoxy) is 1. The molecule has 2 heteroatoms. The fourth-order valence-corrected chi connectivity index (χ4v) is 1.06. The monoisotopic (exact) mass is 159 g/mol. The molecule has 0 saturated heterocycles. The van der Waals surface area contributed by atoms with Gasteiger partial charge in [-0.2, -0.15) is 0 Å². The van der Waals surface area contributed by atoms with E-state index in [4.69, 9.17) is 4.74 Å². The van der Waals surface area contributed by atoms with Crippen molar-refractivity contribution in [2.24, 2.45) is 0 Å². The van der Waals surface area contributed by atoms with Crippen molar-refractivity contribution >= 4 is 0 Å². The Morgan fingerprint density at radius 1 is 1.45 bits per heavy atom. The summed E-state index contributed by atoms with van der Waals surface area (Å²) < 4.78 is 5.03. The first-order chi connectivity index (χ1) is 5.02. The minimum absolute atomic E-state index is 0.234. The molecular formula is C9H21NO. The van der Waals surface area contributed by atoms with Crippen LogP contribution in [0.3, 0.4) is 0 Å². The van der Waals surface area contributed by atoms with Crippen molar-refractivity contribution in [3.63, 3.8) is 0 Å². The molecule has 0 rings (SSSR count). The first kappa shape index (κ1) is 10.9. The van der Waals surface area contributed by atoms with Crippen LogP contribution in [-0.2, 0) is 4.74 Å². The van der Waals surface area contributed by atoms with Gasteiger partial charge >= 0.3 is 0 Å². The van der Waals surface area contributed by atoms with Gasteiger partial charge in [-0.05, 0) is 27.2 Å². The summed E-state index contributed by atoms with van der Waals surface area (Å²) in [5.74, 6) is 0. The largest absolute Gasteiger partial charge is 0.383 e. The molecule has 0 radical (unpaired) electrons. The Balaban J connectivity index is 3.64. The van der Waals surface area contributed by atoms with Crippen LogP contribution in [0.5, 0.6) is 0 Å². The maximum atomic E-state index is 5.03. The zero-order valence-electron chi connectivity index (χ0n) is 8.40. The van der Waals surface area contributed by atoms with E-state index in [0.29, 0.717) is 6.04 Å². The topological polar surface area (TPSA) is 21.3 Å². The summed E-state index contributed by atoms with van der Waals surface area (Å²) in [7, 11) is 1.73. The van der Waals surface area contributed by atoms with Gasteiger partial charge in [0.15, 0.2) is 0 Å². The van der Waals surface area contributed by atoms with E-state index in [1.165, 1.54) is 0 Å². The van der Waals surface area contributed by atoms with E-state index >= 15 is 0 Å². The van der Waals surface area contributed by atoms with E-state index in [9.17, 15) is 0 Å². The highest BCUT2D eigenvalue weighted by Crippen LogP contribution is 2.07.